The smallest absolute Gasteiger partial charge is 0.328 e. The molecule has 9 heteroatoms. The van der Waals surface area contributed by atoms with Crippen LogP contribution in [0.3, 0.4) is 0 Å². The molecule has 0 saturated heterocycles. The van der Waals surface area contributed by atoms with E-state index in [4.69, 9.17) is 14.2 Å². The van der Waals surface area contributed by atoms with Crippen molar-refractivity contribution >= 4 is 11.3 Å². The zero-order chi connectivity index (χ0) is 21.1. The number of methoxy groups -OCH3 is 3. The van der Waals surface area contributed by atoms with Gasteiger partial charge in [-0.15, -0.1) is 0 Å². The number of benzene rings is 1. The normalized spacial score (nSPS) is 10.9. The number of fused-ring (bicyclic) bond motifs is 1. The zero-order valence-electron chi connectivity index (χ0n) is 16.9. The van der Waals surface area contributed by atoms with Crippen molar-refractivity contribution in [3.63, 3.8) is 0 Å². The Balaban J connectivity index is 1.75. The number of hydrogen-bond acceptors (Lipinski definition) is 7. The van der Waals surface area contributed by atoms with Gasteiger partial charge in [0.2, 0.25) is 5.75 Å². The fraction of sp³-hybridized carbons (Fsp3) is 0.238. The minimum Gasteiger partial charge on any atom is -0.493 e. The highest BCUT2D eigenvalue weighted by Gasteiger charge is 2.17. The van der Waals surface area contributed by atoms with Gasteiger partial charge in [0.1, 0.15) is 0 Å². The molecule has 0 amide bonds. The summed E-state index contributed by atoms with van der Waals surface area (Å²) in [6.07, 6.45) is 5.75. The number of H-pyrrole nitrogens is 1. The van der Waals surface area contributed by atoms with Crippen molar-refractivity contribution in [2.75, 3.05) is 21.3 Å². The summed E-state index contributed by atoms with van der Waals surface area (Å²) in [5.74, 6) is 1.52. The van der Waals surface area contributed by atoms with Gasteiger partial charge < -0.3 is 14.2 Å². The first-order chi connectivity index (χ1) is 14.6. The summed E-state index contributed by atoms with van der Waals surface area (Å²) in [6, 6.07) is 7.43. The van der Waals surface area contributed by atoms with Crippen LogP contribution in [0.4, 0.5) is 0 Å². The topological polar surface area (TPSA) is 104 Å². The van der Waals surface area contributed by atoms with Gasteiger partial charge >= 0.3 is 5.69 Å². The molecule has 9 nitrogen and oxygen atoms in total. The number of ether oxygens (including phenoxy) is 3. The maximum atomic E-state index is 12.4. The van der Waals surface area contributed by atoms with Gasteiger partial charge in [-0.25, -0.2) is 14.8 Å². The maximum absolute atomic E-state index is 12.4. The van der Waals surface area contributed by atoms with Crippen LogP contribution in [0.2, 0.25) is 0 Å². The molecular weight excluding hydrogens is 386 g/mol. The number of imidazole rings is 1. The molecule has 0 aliphatic rings. The number of hydrogen-bond donors (Lipinski definition) is 1. The lowest BCUT2D eigenvalue weighted by Crippen LogP contribution is -2.18. The SMILES string of the molecule is COc1cc(-c2cnc3[nH]c(=O)n(CCc4cccnc4)c3n2)cc(OC)c1OC. The van der Waals surface area contributed by atoms with Crippen molar-refractivity contribution in [1.29, 1.82) is 0 Å². The summed E-state index contributed by atoms with van der Waals surface area (Å²) in [5.41, 5.74) is 3.00. The molecular formula is C21H21N5O4. The average Bonchev–Trinajstić information content (AvgIpc) is 3.11. The quantitative estimate of drug-likeness (QED) is 0.502. The first-order valence-corrected chi connectivity index (χ1v) is 9.29. The Hall–Kier alpha value is -3.88. The van der Waals surface area contributed by atoms with Gasteiger partial charge in [0.15, 0.2) is 22.8 Å². The summed E-state index contributed by atoms with van der Waals surface area (Å²) in [5, 5.41) is 0. The van der Waals surface area contributed by atoms with Crippen molar-refractivity contribution in [3.8, 4) is 28.5 Å². The number of aromatic amines is 1. The molecule has 0 aliphatic heterocycles. The molecule has 0 atom stereocenters. The van der Waals surface area contributed by atoms with E-state index in [9.17, 15) is 4.79 Å². The molecule has 0 saturated carbocycles. The number of pyridine rings is 1. The summed E-state index contributed by atoms with van der Waals surface area (Å²) in [4.78, 5) is 28.4. The minimum atomic E-state index is -0.254. The third kappa shape index (κ3) is 3.57. The molecule has 0 radical (unpaired) electrons. The van der Waals surface area contributed by atoms with E-state index in [0.29, 0.717) is 47.2 Å². The lowest BCUT2D eigenvalue weighted by molar-refractivity contribution is 0.324. The fourth-order valence-electron chi connectivity index (χ4n) is 3.28. The Morgan fingerprint density at radius 3 is 2.47 bits per heavy atom. The van der Waals surface area contributed by atoms with E-state index in [1.165, 1.54) is 0 Å². The second kappa shape index (κ2) is 8.24. The highest BCUT2D eigenvalue weighted by atomic mass is 16.5. The maximum Gasteiger partial charge on any atom is 0.328 e. The standard InChI is InChI=1S/C21H21N5O4/c1-28-16-9-14(10-17(29-2)18(16)30-3)15-12-23-19-20(24-15)26(21(27)25-19)8-6-13-5-4-7-22-11-13/h4-5,7,9-12H,6,8H2,1-3H3,(H,23,25,27). The predicted octanol–water partition coefficient (Wildman–Crippen LogP) is 2.45. The summed E-state index contributed by atoms with van der Waals surface area (Å²) in [7, 11) is 4.66. The molecule has 0 fully saturated rings. The molecule has 0 unspecified atom stereocenters. The Morgan fingerprint density at radius 2 is 1.83 bits per heavy atom. The van der Waals surface area contributed by atoms with Crippen LogP contribution in [0.15, 0.2) is 47.7 Å². The number of nitrogens with one attached hydrogen (secondary N) is 1. The van der Waals surface area contributed by atoms with E-state index in [0.717, 1.165) is 11.1 Å². The van der Waals surface area contributed by atoms with Crippen LogP contribution in [0.5, 0.6) is 17.2 Å². The van der Waals surface area contributed by atoms with E-state index < -0.39 is 0 Å². The third-order valence-electron chi connectivity index (χ3n) is 4.79. The molecule has 154 valence electrons. The molecule has 0 spiro atoms. The van der Waals surface area contributed by atoms with Crippen LogP contribution in [-0.4, -0.2) is 45.8 Å². The van der Waals surface area contributed by atoms with Crippen molar-refractivity contribution < 1.29 is 14.2 Å². The van der Waals surface area contributed by atoms with Crippen molar-refractivity contribution in [2.24, 2.45) is 0 Å². The third-order valence-corrected chi connectivity index (χ3v) is 4.79. The Labute approximate surface area is 172 Å². The van der Waals surface area contributed by atoms with Crippen molar-refractivity contribution in [3.05, 3.63) is 58.9 Å². The van der Waals surface area contributed by atoms with Gasteiger partial charge in [0.25, 0.3) is 0 Å². The van der Waals surface area contributed by atoms with Gasteiger partial charge in [0.05, 0.1) is 33.2 Å². The van der Waals surface area contributed by atoms with Crippen molar-refractivity contribution in [2.45, 2.75) is 13.0 Å². The van der Waals surface area contributed by atoms with Crippen LogP contribution >= 0.6 is 0 Å². The van der Waals surface area contributed by atoms with Crippen LogP contribution in [0.1, 0.15) is 5.56 Å². The molecule has 0 aliphatic carbocycles. The highest BCUT2D eigenvalue weighted by molar-refractivity contribution is 5.73. The molecule has 4 aromatic rings. The number of aryl methyl sites for hydroxylation is 2. The van der Waals surface area contributed by atoms with Gasteiger partial charge in [-0.2, -0.15) is 0 Å². The van der Waals surface area contributed by atoms with E-state index in [-0.39, 0.29) is 5.69 Å². The Kier molecular flexibility index (Phi) is 5.34. The summed E-state index contributed by atoms with van der Waals surface area (Å²) in [6.45, 7) is 0.456. The fourth-order valence-corrected chi connectivity index (χ4v) is 3.28. The summed E-state index contributed by atoms with van der Waals surface area (Å²) >= 11 is 0. The van der Waals surface area contributed by atoms with Crippen LogP contribution in [0, 0.1) is 0 Å². The minimum absolute atomic E-state index is 0.254. The molecule has 1 N–H and O–H groups in total. The lowest BCUT2D eigenvalue weighted by atomic mass is 10.1. The van der Waals surface area contributed by atoms with Crippen molar-refractivity contribution in [1.82, 2.24) is 24.5 Å². The summed E-state index contributed by atoms with van der Waals surface area (Å²) < 4.78 is 17.8. The van der Waals surface area contributed by atoms with Gasteiger partial charge in [-0.3, -0.25) is 14.5 Å². The molecule has 0 bridgehead atoms. The molecule has 1 aromatic carbocycles. The Morgan fingerprint density at radius 1 is 1.07 bits per heavy atom. The first kappa shape index (κ1) is 19.4. The number of nitrogens with zero attached hydrogens (tertiary/aromatic N) is 4. The van der Waals surface area contributed by atoms with Gasteiger partial charge in [0, 0.05) is 24.5 Å². The molecule has 4 rings (SSSR count). The van der Waals surface area contributed by atoms with Crippen LogP contribution < -0.4 is 19.9 Å². The molecule has 3 aromatic heterocycles. The largest absolute Gasteiger partial charge is 0.493 e. The second-order valence-electron chi connectivity index (χ2n) is 6.53. The number of aromatic nitrogens is 5. The van der Waals surface area contributed by atoms with Gasteiger partial charge in [-0.05, 0) is 30.2 Å². The average molecular weight is 407 g/mol. The number of rotatable bonds is 7. The monoisotopic (exact) mass is 407 g/mol. The lowest BCUT2D eigenvalue weighted by Gasteiger charge is -2.14. The van der Waals surface area contributed by atoms with Crippen LogP contribution in [-0.2, 0) is 13.0 Å². The Bertz CT molecular complexity index is 1210. The van der Waals surface area contributed by atoms with Gasteiger partial charge in [-0.1, -0.05) is 6.07 Å². The van der Waals surface area contributed by atoms with E-state index >= 15 is 0 Å². The molecule has 30 heavy (non-hydrogen) atoms. The molecule has 3 heterocycles. The van der Waals surface area contributed by atoms with Crippen LogP contribution in [0.25, 0.3) is 22.6 Å². The predicted molar refractivity (Wildman–Crippen MR) is 111 cm³/mol. The zero-order valence-corrected chi connectivity index (χ0v) is 16.9. The first-order valence-electron chi connectivity index (χ1n) is 9.29. The van der Waals surface area contributed by atoms with E-state index in [2.05, 4.69) is 19.9 Å². The highest BCUT2D eigenvalue weighted by Crippen LogP contribution is 2.40. The van der Waals surface area contributed by atoms with E-state index in [1.807, 2.05) is 12.1 Å². The van der Waals surface area contributed by atoms with E-state index in [1.54, 1.807) is 56.6 Å². The second-order valence-corrected chi connectivity index (χ2v) is 6.53.